The molecule has 2 rings (SSSR count). The van der Waals surface area contributed by atoms with Gasteiger partial charge in [-0.2, -0.15) is 0 Å². The van der Waals surface area contributed by atoms with E-state index in [4.69, 9.17) is 16.7 Å². The number of nitrogens with zero attached hydrogens (tertiary/aromatic N) is 3. The monoisotopic (exact) mass is 275 g/mol. The predicted octanol–water partition coefficient (Wildman–Crippen LogP) is 1.84. The van der Waals surface area contributed by atoms with E-state index in [0.29, 0.717) is 10.3 Å². The Hall–Kier alpha value is -1.14. The summed E-state index contributed by atoms with van der Waals surface area (Å²) in [5.74, 6) is -1.11. The topological polar surface area (TPSA) is 67.5 Å². The highest BCUT2D eigenvalue weighted by atomic mass is 79.9. The highest BCUT2D eigenvalue weighted by molar-refractivity contribution is 9.10. The number of aromatic carboxylic acids is 1. The first-order chi connectivity index (χ1) is 6.61. The first-order valence-corrected chi connectivity index (χ1v) is 4.69. The molecule has 0 bridgehead atoms. The van der Waals surface area contributed by atoms with Gasteiger partial charge in [0.25, 0.3) is 0 Å². The number of imidazole rings is 1. The number of carboxylic acids is 1. The zero-order valence-corrected chi connectivity index (χ0v) is 8.95. The Bertz CT molecular complexity index is 525. The van der Waals surface area contributed by atoms with Crippen LogP contribution in [0.25, 0.3) is 5.65 Å². The van der Waals surface area contributed by atoms with Crippen LogP contribution in [0.4, 0.5) is 0 Å². The molecule has 7 heteroatoms. The smallest absolute Gasteiger partial charge is 0.357 e. The molecule has 0 aliphatic rings. The summed E-state index contributed by atoms with van der Waals surface area (Å²) in [5.41, 5.74) is 0.235. The second kappa shape index (κ2) is 3.21. The Morgan fingerprint density at radius 2 is 2.36 bits per heavy atom. The molecule has 0 fully saturated rings. The van der Waals surface area contributed by atoms with Crippen LogP contribution in [-0.4, -0.2) is 25.4 Å². The van der Waals surface area contributed by atoms with E-state index in [0.717, 1.165) is 0 Å². The van der Waals surface area contributed by atoms with Crippen LogP contribution in [0, 0.1) is 0 Å². The molecule has 0 unspecified atom stereocenters. The van der Waals surface area contributed by atoms with E-state index >= 15 is 0 Å². The van der Waals surface area contributed by atoms with Crippen LogP contribution in [-0.2, 0) is 0 Å². The van der Waals surface area contributed by atoms with E-state index in [1.807, 2.05) is 0 Å². The molecule has 2 aromatic heterocycles. The number of fused-ring (bicyclic) bond motifs is 1. The molecule has 2 heterocycles. The van der Waals surface area contributed by atoms with Gasteiger partial charge in [-0.15, -0.1) is 0 Å². The Kier molecular flexibility index (Phi) is 2.16. The maximum Gasteiger partial charge on any atom is 0.357 e. The van der Waals surface area contributed by atoms with Crippen molar-refractivity contribution in [1.82, 2.24) is 14.4 Å². The van der Waals surface area contributed by atoms with Crippen molar-refractivity contribution in [1.29, 1.82) is 0 Å². The normalized spacial score (nSPS) is 10.7. The van der Waals surface area contributed by atoms with E-state index in [-0.39, 0.29) is 10.8 Å². The number of rotatable bonds is 1. The third-order valence-corrected chi connectivity index (χ3v) is 2.67. The van der Waals surface area contributed by atoms with Crippen molar-refractivity contribution in [3.63, 3.8) is 0 Å². The summed E-state index contributed by atoms with van der Waals surface area (Å²) < 4.78 is 1.86. The Labute approximate surface area is 91.5 Å². The summed E-state index contributed by atoms with van der Waals surface area (Å²) in [6, 6.07) is 0. The Morgan fingerprint density at radius 1 is 1.64 bits per heavy atom. The second-order valence-corrected chi connectivity index (χ2v) is 3.58. The predicted molar refractivity (Wildman–Crippen MR) is 52.7 cm³/mol. The van der Waals surface area contributed by atoms with E-state index in [1.54, 1.807) is 6.20 Å². The van der Waals surface area contributed by atoms with Gasteiger partial charge in [0.1, 0.15) is 4.60 Å². The molecule has 0 aliphatic carbocycles. The summed E-state index contributed by atoms with van der Waals surface area (Å²) >= 11 is 8.86. The maximum absolute atomic E-state index is 10.7. The van der Waals surface area contributed by atoms with Crippen molar-refractivity contribution in [2.45, 2.75) is 0 Å². The minimum absolute atomic E-state index is 0.0834. The van der Waals surface area contributed by atoms with Crippen molar-refractivity contribution in [3.05, 3.63) is 27.8 Å². The number of carboxylic acid groups (broad SMARTS) is 1. The van der Waals surface area contributed by atoms with Gasteiger partial charge in [-0.25, -0.2) is 14.8 Å². The molecule has 0 amide bonds. The lowest BCUT2D eigenvalue weighted by atomic mass is 10.5. The average Bonchev–Trinajstić information content (AvgIpc) is 2.46. The molecular weight excluding hydrogens is 273 g/mol. The lowest BCUT2D eigenvalue weighted by molar-refractivity contribution is 0.0690. The molecule has 5 nitrogen and oxygen atoms in total. The Balaban J connectivity index is 2.86. The fourth-order valence-corrected chi connectivity index (χ4v) is 1.79. The number of hydrogen-bond acceptors (Lipinski definition) is 3. The molecular formula is C7H3BrClN3O2. The van der Waals surface area contributed by atoms with Crippen molar-refractivity contribution in [2.24, 2.45) is 0 Å². The third kappa shape index (κ3) is 1.27. The molecule has 0 radical (unpaired) electrons. The maximum atomic E-state index is 10.7. The summed E-state index contributed by atoms with van der Waals surface area (Å²) in [6.45, 7) is 0. The standard InChI is InChI=1S/C7H3BrClN3O2/c8-4-3(7(13)14)11-6-5(9)10-1-2-12(4)6/h1-2H,(H,13,14). The summed E-state index contributed by atoms with van der Waals surface area (Å²) in [6.07, 6.45) is 3.04. The molecule has 0 aliphatic heterocycles. The van der Waals surface area contributed by atoms with E-state index in [2.05, 4.69) is 25.9 Å². The van der Waals surface area contributed by atoms with Crippen molar-refractivity contribution < 1.29 is 9.90 Å². The van der Waals surface area contributed by atoms with Gasteiger partial charge in [0, 0.05) is 12.4 Å². The minimum Gasteiger partial charge on any atom is -0.476 e. The molecule has 0 atom stereocenters. The lowest BCUT2D eigenvalue weighted by Gasteiger charge is -1.93. The minimum atomic E-state index is -1.11. The molecule has 1 N–H and O–H groups in total. The van der Waals surface area contributed by atoms with Crippen LogP contribution in [0.2, 0.25) is 5.15 Å². The fourth-order valence-electron chi connectivity index (χ4n) is 1.05. The van der Waals surface area contributed by atoms with Gasteiger partial charge in [-0.1, -0.05) is 11.6 Å². The van der Waals surface area contributed by atoms with Crippen LogP contribution >= 0.6 is 27.5 Å². The van der Waals surface area contributed by atoms with Gasteiger partial charge >= 0.3 is 5.97 Å². The zero-order valence-electron chi connectivity index (χ0n) is 6.61. The van der Waals surface area contributed by atoms with Gasteiger partial charge in [0.05, 0.1) is 0 Å². The summed E-state index contributed by atoms with van der Waals surface area (Å²) in [7, 11) is 0. The van der Waals surface area contributed by atoms with Crippen LogP contribution in [0.5, 0.6) is 0 Å². The fraction of sp³-hybridized carbons (Fsp3) is 0. The second-order valence-electron chi connectivity index (χ2n) is 2.47. The van der Waals surface area contributed by atoms with E-state index in [1.165, 1.54) is 10.6 Å². The number of aromatic nitrogens is 3. The Morgan fingerprint density at radius 3 is 2.93 bits per heavy atom. The van der Waals surface area contributed by atoms with Gasteiger partial charge in [-0.3, -0.25) is 4.40 Å². The van der Waals surface area contributed by atoms with Crippen LogP contribution in [0.1, 0.15) is 10.5 Å². The zero-order chi connectivity index (χ0) is 10.3. The summed E-state index contributed by atoms with van der Waals surface area (Å²) in [4.78, 5) is 18.4. The van der Waals surface area contributed by atoms with Crippen LogP contribution in [0.15, 0.2) is 17.0 Å². The largest absolute Gasteiger partial charge is 0.476 e. The van der Waals surface area contributed by atoms with Crippen LogP contribution < -0.4 is 0 Å². The first kappa shape index (κ1) is 9.42. The van der Waals surface area contributed by atoms with Crippen LogP contribution in [0.3, 0.4) is 0 Å². The van der Waals surface area contributed by atoms with Gasteiger partial charge in [0.2, 0.25) is 0 Å². The van der Waals surface area contributed by atoms with Crippen molar-refractivity contribution in [3.8, 4) is 0 Å². The molecule has 0 spiro atoms. The van der Waals surface area contributed by atoms with E-state index in [9.17, 15) is 4.79 Å². The molecule has 2 aromatic rings. The summed E-state index contributed by atoms with van der Waals surface area (Å²) in [5, 5.41) is 8.96. The number of halogens is 2. The number of carbonyl (C=O) groups is 1. The van der Waals surface area contributed by atoms with Gasteiger partial charge in [-0.05, 0) is 15.9 Å². The highest BCUT2D eigenvalue weighted by Gasteiger charge is 2.17. The first-order valence-electron chi connectivity index (χ1n) is 3.52. The molecule has 0 saturated carbocycles. The SMILES string of the molecule is O=C(O)c1nc2c(Cl)nccn2c1Br. The molecule has 72 valence electrons. The van der Waals surface area contributed by atoms with Crippen molar-refractivity contribution in [2.75, 3.05) is 0 Å². The lowest BCUT2D eigenvalue weighted by Crippen LogP contribution is -1.97. The molecule has 0 aromatic carbocycles. The average molecular weight is 276 g/mol. The quantitative estimate of drug-likeness (QED) is 0.863. The molecule has 14 heavy (non-hydrogen) atoms. The third-order valence-electron chi connectivity index (χ3n) is 1.64. The highest BCUT2D eigenvalue weighted by Crippen LogP contribution is 2.22. The number of hydrogen-bond donors (Lipinski definition) is 1. The molecule has 0 saturated heterocycles. The van der Waals surface area contributed by atoms with Crippen molar-refractivity contribution >= 4 is 39.1 Å². The van der Waals surface area contributed by atoms with Gasteiger partial charge in [0.15, 0.2) is 16.5 Å². The van der Waals surface area contributed by atoms with Gasteiger partial charge < -0.3 is 5.11 Å². The van der Waals surface area contributed by atoms with E-state index < -0.39 is 5.97 Å².